The molecule has 3 rings (SSSR count). The van der Waals surface area contributed by atoms with Gasteiger partial charge in [-0.2, -0.15) is 0 Å². The molecule has 0 bridgehead atoms. The Balaban J connectivity index is 2.14. The highest BCUT2D eigenvalue weighted by atomic mass is 16.5. The molecule has 0 N–H and O–H groups in total. The lowest BCUT2D eigenvalue weighted by Crippen LogP contribution is -2.23. The Morgan fingerprint density at radius 2 is 1.64 bits per heavy atom. The number of benzene rings is 2. The van der Waals surface area contributed by atoms with Crippen LogP contribution in [-0.2, 0) is 0 Å². The highest BCUT2D eigenvalue weighted by Crippen LogP contribution is 2.33. The maximum Gasteiger partial charge on any atom is 0.198 e. The van der Waals surface area contributed by atoms with E-state index in [1.54, 1.807) is 48.5 Å². The average Bonchev–Trinajstić information content (AvgIpc) is 2.57. The smallest absolute Gasteiger partial charge is 0.198 e. The summed E-state index contributed by atoms with van der Waals surface area (Å²) in [6, 6.07) is 12.0. The molecule has 1 atom stereocenters. The Kier molecular flexibility index (Phi) is 3.63. The molecule has 1 aliphatic carbocycles. The zero-order valence-corrected chi connectivity index (χ0v) is 12.3. The molecule has 0 heterocycles. The van der Waals surface area contributed by atoms with Gasteiger partial charge in [0, 0.05) is 16.7 Å². The van der Waals surface area contributed by atoms with Gasteiger partial charge in [-0.1, -0.05) is 56.0 Å². The first-order chi connectivity index (χ1) is 10.7. The van der Waals surface area contributed by atoms with Crippen LogP contribution in [0.15, 0.2) is 55.1 Å². The molecular weight excluding hydrogens is 276 g/mol. The number of rotatable bonds is 4. The Morgan fingerprint density at radius 3 is 2.27 bits per heavy atom. The van der Waals surface area contributed by atoms with E-state index in [0.29, 0.717) is 28.0 Å². The predicted molar refractivity (Wildman–Crippen MR) is 84.7 cm³/mol. The lowest BCUT2D eigenvalue weighted by atomic mass is 9.83. The summed E-state index contributed by atoms with van der Waals surface area (Å²) in [7, 11) is 0. The van der Waals surface area contributed by atoms with E-state index in [4.69, 9.17) is 4.74 Å². The highest BCUT2D eigenvalue weighted by Gasteiger charge is 2.32. The molecule has 0 radical (unpaired) electrons. The largest absolute Gasteiger partial charge is 0.486 e. The second-order valence-corrected chi connectivity index (χ2v) is 5.18. The molecule has 3 heteroatoms. The van der Waals surface area contributed by atoms with E-state index in [9.17, 15) is 9.59 Å². The van der Waals surface area contributed by atoms with Crippen LogP contribution in [0.5, 0.6) is 5.75 Å². The standard InChI is InChI=1S/C19H16O3/c1-3-12(4-2)22-16-11-7-10-15-17(16)19(21)14-9-6-5-8-13(14)18(15)20/h3,5-12H,1,4H2,2H3/t12-/m1/s1. The van der Waals surface area contributed by atoms with Gasteiger partial charge in [-0.3, -0.25) is 9.59 Å². The number of carbonyl (C=O) groups excluding carboxylic acids is 2. The van der Waals surface area contributed by atoms with Crippen molar-refractivity contribution < 1.29 is 14.3 Å². The minimum absolute atomic E-state index is 0.137. The van der Waals surface area contributed by atoms with Crippen molar-refractivity contribution in [2.75, 3.05) is 0 Å². The number of carbonyl (C=O) groups is 2. The molecule has 0 saturated carbocycles. The molecule has 3 nitrogen and oxygen atoms in total. The summed E-state index contributed by atoms with van der Waals surface area (Å²) in [5, 5.41) is 0. The molecule has 22 heavy (non-hydrogen) atoms. The molecule has 2 aromatic carbocycles. The minimum Gasteiger partial charge on any atom is -0.486 e. The third-order valence-corrected chi connectivity index (χ3v) is 3.86. The zero-order chi connectivity index (χ0) is 15.7. The maximum atomic E-state index is 12.8. The van der Waals surface area contributed by atoms with E-state index < -0.39 is 0 Å². The van der Waals surface area contributed by atoms with Gasteiger partial charge in [0.1, 0.15) is 11.9 Å². The fourth-order valence-electron chi connectivity index (χ4n) is 2.67. The molecule has 0 fully saturated rings. The molecule has 110 valence electrons. The number of hydrogen-bond donors (Lipinski definition) is 0. The summed E-state index contributed by atoms with van der Waals surface area (Å²) in [6.45, 7) is 5.71. The van der Waals surface area contributed by atoms with Crippen LogP contribution in [0.25, 0.3) is 0 Å². The van der Waals surface area contributed by atoms with Gasteiger partial charge >= 0.3 is 0 Å². The second-order valence-electron chi connectivity index (χ2n) is 5.18. The van der Waals surface area contributed by atoms with Gasteiger partial charge < -0.3 is 4.74 Å². The van der Waals surface area contributed by atoms with Crippen molar-refractivity contribution in [3.8, 4) is 5.75 Å². The molecular formula is C19H16O3. The molecule has 0 aromatic heterocycles. The van der Waals surface area contributed by atoms with Crippen molar-refractivity contribution in [1.29, 1.82) is 0 Å². The zero-order valence-electron chi connectivity index (χ0n) is 12.3. The van der Waals surface area contributed by atoms with Gasteiger partial charge in [0.05, 0.1) is 5.56 Å². The van der Waals surface area contributed by atoms with Gasteiger partial charge in [0.15, 0.2) is 11.6 Å². The van der Waals surface area contributed by atoms with E-state index in [1.807, 2.05) is 6.92 Å². The normalized spacial score (nSPS) is 14.0. The Bertz CT molecular complexity index is 774. The lowest BCUT2D eigenvalue weighted by molar-refractivity contribution is 0.0974. The Labute approximate surface area is 129 Å². The Morgan fingerprint density at radius 1 is 1.00 bits per heavy atom. The molecule has 0 spiro atoms. The van der Waals surface area contributed by atoms with Crippen molar-refractivity contribution >= 4 is 11.6 Å². The van der Waals surface area contributed by atoms with Crippen LogP contribution in [0.2, 0.25) is 0 Å². The van der Waals surface area contributed by atoms with Crippen LogP contribution in [0.4, 0.5) is 0 Å². The van der Waals surface area contributed by atoms with Crippen LogP contribution in [0.3, 0.4) is 0 Å². The van der Waals surface area contributed by atoms with Crippen molar-refractivity contribution in [3.63, 3.8) is 0 Å². The van der Waals surface area contributed by atoms with E-state index in [0.717, 1.165) is 6.42 Å². The van der Waals surface area contributed by atoms with Crippen LogP contribution < -0.4 is 4.74 Å². The highest BCUT2D eigenvalue weighted by molar-refractivity contribution is 6.29. The fourth-order valence-corrected chi connectivity index (χ4v) is 2.67. The van der Waals surface area contributed by atoms with E-state index >= 15 is 0 Å². The van der Waals surface area contributed by atoms with Crippen LogP contribution in [0.1, 0.15) is 45.2 Å². The predicted octanol–water partition coefficient (Wildman–Crippen LogP) is 3.81. The molecule has 0 saturated heterocycles. The number of ether oxygens (including phenoxy) is 1. The van der Waals surface area contributed by atoms with Crippen molar-refractivity contribution in [1.82, 2.24) is 0 Å². The molecule has 0 aliphatic heterocycles. The fraction of sp³-hybridized carbons (Fsp3) is 0.158. The summed E-state index contributed by atoms with van der Waals surface area (Å²) >= 11 is 0. The van der Waals surface area contributed by atoms with Crippen LogP contribution in [-0.4, -0.2) is 17.7 Å². The van der Waals surface area contributed by atoms with Crippen molar-refractivity contribution in [2.45, 2.75) is 19.4 Å². The Hall–Kier alpha value is -2.68. The van der Waals surface area contributed by atoms with Gasteiger partial charge in [-0.25, -0.2) is 0 Å². The first-order valence-corrected chi connectivity index (χ1v) is 7.28. The third kappa shape index (κ3) is 2.15. The van der Waals surface area contributed by atoms with Gasteiger partial charge in [-0.05, 0) is 12.5 Å². The third-order valence-electron chi connectivity index (χ3n) is 3.86. The number of ketones is 2. The van der Waals surface area contributed by atoms with Gasteiger partial charge in [0.25, 0.3) is 0 Å². The van der Waals surface area contributed by atoms with Crippen molar-refractivity contribution in [3.05, 3.63) is 77.4 Å². The lowest BCUT2D eigenvalue weighted by Gasteiger charge is -2.22. The summed E-state index contributed by atoms with van der Waals surface area (Å²) in [5.41, 5.74) is 1.64. The summed E-state index contributed by atoms with van der Waals surface area (Å²) in [4.78, 5) is 25.4. The SMILES string of the molecule is C=C[C@H](CC)Oc1cccc2c1C(=O)c1ccccc1C2=O. The summed E-state index contributed by atoms with van der Waals surface area (Å²) in [6.07, 6.45) is 2.25. The first kappa shape index (κ1) is 14.3. The quantitative estimate of drug-likeness (QED) is 0.687. The summed E-state index contributed by atoms with van der Waals surface area (Å²) < 4.78 is 5.85. The van der Waals surface area contributed by atoms with E-state index in [1.165, 1.54) is 0 Å². The van der Waals surface area contributed by atoms with Crippen LogP contribution >= 0.6 is 0 Å². The first-order valence-electron chi connectivity index (χ1n) is 7.28. The maximum absolute atomic E-state index is 12.8. The van der Waals surface area contributed by atoms with Gasteiger partial charge in [-0.15, -0.1) is 0 Å². The van der Waals surface area contributed by atoms with E-state index in [-0.39, 0.29) is 17.7 Å². The average molecular weight is 292 g/mol. The van der Waals surface area contributed by atoms with Crippen LogP contribution in [0, 0.1) is 0 Å². The molecule has 0 amide bonds. The molecule has 1 aliphatic rings. The van der Waals surface area contributed by atoms with E-state index in [2.05, 4.69) is 6.58 Å². The minimum atomic E-state index is -0.188. The van der Waals surface area contributed by atoms with Gasteiger partial charge in [0.2, 0.25) is 0 Å². The number of hydrogen-bond acceptors (Lipinski definition) is 3. The summed E-state index contributed by atoms with van der Waals surface area (Å²) in [5.74, 6) is 0.138. The topological polar surface area (TPSA) is 43.4 Å². The molecule has 2 aromatic rings. The monoisotopic (exact) mass is 292 g/mol. The molecule has 0 unspecified atom stereocenters. The second kappa shape index (κ2) is 5.60. The van der Waals surface area contributed by atoms with Crippen molar-refractivity contribution in [2.24, 2.45) is 0 Å². The number of fused-ring (bicyclic) bond motifs is 2.